The van der Waals surface area contributed by atoms with Crippen molar-refractivity contribution in [3.05, 3.63) is 0 Å². The number of piperidine rings is 2. The average Bonchev–Trinajstić information content (AvgIpc) is 2.22. The Kier molecular flexibility index (Phi) is 4.26. The van der Waals surface area contributed by atoms with Crippen LogP contribution in [-0.2, 0) is 0 Å². The first-order valence-corrected chi connectivity index (χ1v) is 7.12. The highest BCUT2D eigenvalue weighted by Gasteiger charge is 2.28. The van der Waals surface area contributed by atoms with Gasteiger partial charge in [-0.25, -0.2) is 0 Å². The molecule has 2 aliphatic rings. The Morgan fingerprint density at radius 3 is 2.56 bits per heavy atom. The van der Waals surface area contributed by atoms with Gasteiger partial charge in [0.05, 0.1) is 0 Å². The molecule has 0 radical (unpaired) electrons. The summed E-state index contributed by atoms with van der Waals surface area (Å²) >= 11 is 0. The molecule has 0 bridgehead atoms. The second-order valence-corrected chi connectivity index (χ2v) is 6.30. The van der Waals surface area contributed by atoms with E-state index in [-0.39, 0.29) is 0 Å². The van der Waals surface area contributed by atoms with Gasteiger partial charge in [0.25, 0.3) is 0 Å². The summed E-state index contributed by atoms with van der Waals surface area (Å²) in [6.07, 6.45) is 5.49. The van der Waals surface area contributed by atoms with Crippen molar-refractivity contribution in [1.82, 2.24) is 10.6 Å². The largest absolute Gasteiger partial charge is 0.314 e. The highest BCUT2D eigenvalue weighted by Crippen LogP contribution is 2.28. The molecule has 0 aromatic carbocycles. The predicted molar refractivity (Wildman–Crippen MR) is 69.5 cm³/mol. The second kappa shape index (κ2) is 5.50. The fourth-order valence-electron chi connectivity index (χ4n) is 3.47. The van der Waals surface area contributed by atoms with Crippen LogP contribution in [-0.4, -0.2) is 25.2 Å². The Labute approximate surface area is 101 Å². The molecule has 2 aliphatic heterocycles. The first-order chi connectivity index (χ1) is 7.65. The van der Waals surface area contributed by atoms with Crippen molar-refractivity contribution in [2.24, 2.45) is 17.8 Å². The maximum absolute atomic E-state index is 3.70. The Bertz CT molecular complexity index is 217. The maximum Gasteiger partial charge on any atom is 0.00728 e. The van der Waals surface area contributed by atoms with Gasteiger partial charge >= 0.3 is 0 Å². The van der Waals surface area contributed by atoms with Gasteiger partial charge in [0, 0.05) is 12.1 Å². The highest BCUT2D eigenvalue weighted by molar-refractivity contribution is 4.85. The fourth-order valence-corrected chi connectivity index (χ4v) is 3.47. The van der Waals surface area contributed by atoms with E-state index in [1.165, 1.54) is 38.8 Å². The Hall–Kier alpha value is -0.0800. The third kappa shape index (κ3) is 3.21. The van der Waals surface area contributed by atoms with E-state index in [1.807, 2.05) is 0 Å². The number of hydrogen-bond acceptors (Lipinski definition) is 2. The zero-order valence-electron chi connectivity index (χ0n) is 11.1. The number of hydrogen-bond donors (Lipinski definition) is 2. The molecule has 5 atom stereocenters. The van der Waals surface area contributed by atoms with Gasteiger partial charge in [-0.15, -0.1) is 0 Å². The summed E-state index contributed by atoms with van der Waals surface area (Å²) in [4.78, 5) is 0. The summed E-state index contributed by atoms with van der Waals surface area (Å²) in [5, 5.41) is 7.34. The second-order valence-electron chi connectivity index (χ2n) is 6.30. The third-order valence-electron chi connectivity index (χ3n) is 4.60. The molecule has 2 fully saturated rings. The summed E-state index contributed by atoms with van der Waals surface area (Å²) in [7, 11) is 0. The number of rotatable bonds is 2. The van der Waals surface area contributed by atoms with Gasteiger partial charge in [-0.3, -0.25) is 0 Å². The third-order valence-corrected chi connectivity index (χ3v) is 4.60. The summed E-state index contributed by atoms with van der Waals surface area (Å²) in [6.45, 7) is 9.62. The summed E-state index contributed by atoms with van der Waals surface area (Å²) in [6, 6.07) is 1.51. The standard InChI is InChI=1S/C14H28N2/c1-10-4-5-15-14(6-10)8-13-9-16-12(3)7-11(13)2/h10-16H,4-9H2,1-3H3/t10-,11-,12-,13?,14+/m1/s1. The van der Waals surface area contributed by atoms with Gasteiger partial charge in [0.1, 0.15) is 0 Å². The SMILES string of the molecule is C[C@@H]1CCN[C@H](CC2CN[C@H](C)C[C@H]2C)C1. The topological polar surface area (TPSA) is 24.1 Å². The van der Waals surface area contributed by atoms with Crippen LogP contribution < -0.4 is 10.6 Å². The van der Waals surface area contributed by atoms with E-state index in [2.05, 4.69) is 31.4 Å². The van der Waals surface area contributed by atoms with Crippen molar-refractivity contribution in [1.29, 1.82) is 0 Å². The molecular weight excluding hydrogens is 196 g/mol. The van der Waals surface area contributed by atoms with Crippen LogP contribution in [0.1, 0.15) is 46.5 Å². The molecule has 2 saturated heterocycles. The van der Waals surface area contributed by atoms with Gasteiger partial charge in [0.2, 0.25) is 0 Å². The zero-order chi connectivity index (χ0) is 11.5. The van der Waals surface area contributed by atoms with Crippen LogP contribution in [0.15, 0.2) is 0 Å². The Morgan fingerprint density at radius 2 is 1.88 bits per heavy atom. The van der Waals surface area contributed by atoms with Crippen LogP contribution in [0, 0.1) is 17.8 Å². The summed E-state index contributed by atoms with van der Waals surface area (Å²) in [5.74, 6) is 2.71. The lowest BCUT2D eigenvalue weighted by atomic mass is 9.79. The van der Waals surface area contributed by atoms with E-state index in [0.717, 1.165) is 29.8 Å². The van der Waals surface area contributed by atoms with Crippen molar-refractivity contribution in [2.75, 3.05) is 13.1 Å². The quantitative estimate of drug-likeness (QED) is 0.752. The van der Waals surface area contributed by atoms with Crippen molar-refractivity contribution in [3.63, 3.8) is 0 Å². The molecule has 94 valence electrons. The van der Waals surface area contributed by atoms with Crippen molar-refractivity contribution in [2.45, 2.75) is 58.5 Å². The van der Waals surface area contributed by atoms with Gasteiger partial charge in [0.15, 0.2) is 0 Å². The van der Waals surface area contributed by atoms with Crippen molar-refractivity contribution in [3.8, 4) is 0 Å². The smallest absolute Gasteiger partial charge is 0.00728 e. The molecule has 2 rings (SSSR count). The lowest BCUT2D eigenvalue weighted by molar-refractivity contribution is 0.184. The van der Waals surface area contributed by atoms with E-state index < -0.39 is 0 Å². The average molecular weight is 224 g/mol. The highest BCUT2D eigenvalue weighted by atomic mass is 14.9. The first kappa shape index (κ1) is 12.4. The minimum atomic E-state index is 0.726. The molecule has 2 N–H and O–H groups in total. The lowest BCUT2D eigenvalue weighted by Crippen LogP contribution is -2.46. The van der Waals surface area contributed by atoms with Gasteiger partial charge in [-0.1, -0.05) is 13.8 Å². The molecule has 0 aromatic rings. The fraction of sp³-hybridized carbons (Fsp3) is 1.00. The predicted octanol–water partition coefficient (Wildman–Crippen LogP) is 2.40. The Balaban J connectivity index is 1.80. The molecule has 0 aliphatic carbocycles. The van der Waals surface area contributed by atoms with E-state index in [0.29, 0.717) is 0 Å². The molecular formula is C14H28N2. The molecule has 0 amide bonds. The first-order valence-electron chi connectivity index (χ1n) is 7.12. The molecule has 2 nitrogen and oxygen atoms in total. The van der Waals surface area contributed by atoms with E-state index in [9.17, 15) is 0 Å². The minimum absolute atomic E-state index is 0.726. The van der Waals surface area contributed by atoms with E-state index >= 15 is 0 Å². The van der Waals surface area contributed by atoms with Crippen LogP contribution in [0.5, 0.6) is 0 Å². The van der Waals surface area contributed by atoms with Crippen LogP contribution in [0.4, 0.5) is 0 Å². The zero-order valence-corrected chi connectivity index (χ0v) is 11.1. The van der Waals surface area contributed by atoms with Crippen LogP contribution in [0.3, 0.4) is 0 Å². The summed E-state index contributed by atoms with van der Waals surface area (Å²) < 4.78 is 0. The summed E-state index contributed by atoms with van der Waals surface area (Å²) in [5.41, 5.74) is 0. The van der Waals surface area contributed by atoms with Crippen molar-refractivity contribution >= 4 is 0 Å². The van der Waals surface area contributed by atoms with Crippen LogP contribution in [0.25, 0.3) is 0 Å². The molecule has 2 heteroatoms. The lowest BCUT2D eigenvalue weighted by Gasteiger charge is -2.37. The van der Waals surface area contributed by atoms with E-state index in [1.54, 1.807) is 0 Å². The molecule has 16 heavy (non-hydrogen) atoms. The monoisotopic (exact) mass is 224 g/mol. The maximum atomic E-state index is 3.70. The van der Waals surface area contributed by atoms with Gasteiger partial charge in [-0.05, 0) is 63.5 Å². The van der Waals surface area contributed by atoms with Crippen LogP contribution >= 0.6 is 0 Å². The molecule has 1 unspecified atom stereocenters. The van der Waals surface area contributed by atoms with Gasteiger partial charge < -0.3 is 10.6 Å². The normalized spacial score (nSPS) is 45.6. The molecule has 0 spiro atoms. The van der Waals surface area contributed by atoms with Crippen LogP contribution in [0.2, 0.25) is 0 Å². The van der Waals surface area contributed by atoms with E-state index in [4.69, 9.17) is 0 Å². The minimum Gasteiger partial charge on any atom is -0.314 e. The van der Waals surface area contributed by atoms with Gasteiger partial charge in [-0.2, -0.15) is 0 Å². The van der Waals surface area contributed by atoms with Crippen molar-refractivity contribution < 1.29 is 0 Å². The molecule has 0 saturated carbocycles. The molecule has 0 aromatic heterocycles. The number of nitrogens with one attached hydrogen (secondary N) is 2. The Morgan fingerprint density at radius 1 is 1.06 bits per heavy atom. The molecule has 2 heterocycles.